The molecule has 1 N–H and O–H groups in total. The number of benzene rings is 2. The minimum atomic E-state index is -0.373. The molecular formula is C22H21N3O2. The summed E-state index contributed by atoms with van der Waals surface area (Å²) in [5, 5.41) is 2.77. The van der Waals surface area contributed by atoms with Crippen LogP contribution in [0.5, 0.6) is 0 Å². The Hall–Kier alpha value is -3.34. The first kappa shape index (κ1) is 18.5. The zero-order valence-electron chi connectivity index (χ0n) is 15.6. The molecule has 3 rings (SSSR count). The maximum atomic E-state index is 12.8. The molecule has 0 spiro atoms. The molecule has 136 valence electrons. The summed E-state index contributed by atoms with van der Waals surface area (Å²) in [6.45, 7) is 6.06. The number of hydrogen-bond acceptors (Lipinski definition) is 4. The van der Waals surface area contributed by atoms with Crippen LogP contribution in [0, 0.1) is 0 Å². The summed E-state index contributed by atoms with van der Waals surface area (Å²) in [5.74, 6) is 0.128. The smallest absolute Gasteiger partial charge is 0.256 e. The molecule has 0 aliphatic carbocycles. The van der Waals surface area contributed by atoms with E-state index in [4.69, 9.17) is 0 Å². The molecular weight excluding hydrogens is 338 g/mol. The second kappa shape index (κ2) is 7.50. The molecule has 5 heteroatoms. The number of rotatable bonds is 4. The minimum absolute atomic E-state index is 0.169. The van der Waals surface area contributed by atoms with Crippen LogP contribution in [0.25, 0.3) is 0 Å². The summed E-state index contributed by atoms with van der Waals surface area (Å²) in [6.07, 6.45) is 3.15. The monoisotopic (exact) mass is 359 g/mol. The van der Waals surface area contributed by atoms with Gasteiger partial charge in [0.15, 0.2) is 5.78 Å². The largest absolute Gasteiger partial charge is 0.319 e. The molecule has 0 unspecified atom stereocenters. The number of amides is 1. The van der Waals surface area contributed by atoms with Crippen molar-refractivity contribution in [1.82, 2.24) is 9.97 Å². The van der Waals surface area contributed by atoms with E-state index in [1.807, 2.05) is 26.8 Å². The summed E-state index contributed by atoms with van der Waals surface area (Å²) in [6, 6.07) is 15.7. The molecule has 1 heterocycles. The van der Waals surface area contributed by atoms with Crippen LogP contribution < -0.4 is 5.32 Å². The van der Waals surface area contributed by atoms with Gasteiger partial charge in [-0.15, -0.1) is 0 Å². The SMILES string of the molecule is CC(C)(C)c1ncc(NC(=O)c2ccccc2C(=O)c2ccccc2)cn1. The van der Waals surface area contributed by atoms with Gasteiger partial charge in [0.05, 0.1) is 23.6 Å². The highest BCUT2D eigenvalue weighted by atomic mass is 16.2. The van der Waals surface area contributed by atoms with Crippen LogP contribution in [0.4, 0.5) is 5.69 Å². The lowest BCUT2D eigenvalue weighted by molar-refractivity contribution is 0.0996. The van der Waals surface area contributed by atoms with E-state index in [1.165, 1.54) is 0 Å². The summed E-state index contributed by atoms with van der Waals surface area (Å²) in [4.78, 5) is 34.1. The summed E-state index contributed by atoms with van der Waals surface area (Å²) >= 11 is 0. The molecule has 1 aromatic heterocycles. The van der Waals surface area contributed by atoms with Gasteiger partial charge in [-0.05, 0) is 6.07 Å². The van der Waals surface area contributed by atoms with Crippen molar-refractivity contribution in [2.75, 3.05) is 5.32 Å². The van der Waals surface area contributed by atoms with E-state index in [-0.39, 0.29) is 17.1 Å². The maximum absolute atomic E-state index is 12.8. The molecule has 0 bridgehead atoms. The predicted molar refractivity (Wildman–Crippen MR) is 105 cm³/mol. The van der Waals surface area contributed by atoms with Crippen LogP contribution in [0.15, 0.2) is 67.0 Å². The van der Waals surface area contributed by atoms with Gasteiger partial charge in [-0.3, -0.25) is 9.59 Å². The standard InChI is InChI=1S/C22H21N3O2/c1-22(2,3)21-23-13-16(14-24-21)25-20(27)18-12-8-7-11-17(18)19(26)15-9-5-4-6-10-15/h4-14H,1-3H3,(H,25,27). The molecule has 0 atom stereocenters. The first-order valence-electron chi connectivity index (χ1n) is 8.69. The molecule has 0 radical (unpaired) electrons. The van der Waals surface area contributed by atoms with Gasteiger partial charge in [0.1, 0.15) is 5.82 Å². The van der Waals surface area contributed by atoms with Crippen molar-refractivity contribution in [3.8, 4) is 0 Å². The van der Waals surface area contributed by atoms with E-state index >= 15 is 0 Å². The summed E-state index contributed by atoms with van der Waals surface area (Å²) in [7, 11) is 0. The van der Waals surface area contributed by atoms with E-state index < -0.39 is 0 Å². The molecule has 0 fully saturated rings. The highest BCUT2D eigenvalue weighted by Gasteiger charge is 2.19. The van der Waals surface area contributed by atoms with E-state index in [2.05, 4.69) is 15.3 Å². The van der Waals surface area contributed by atoms with Crippen LogP contribution in [0.1, 0.15) is 52.9 Å². The minimum Gasteiger partial charge on any atom is -0.319 e. The number of carbonyl (C=O) groups is 2. The molecule has 1 amide bonds. The lowest BCUT2D eigenvalue weighted by Crippen LogP contribution is -2.19. The van der Waals surface area contributed by atoms with Gasteiger partial charge in [-0.1, -0.05) is 69.3 Å². The number of nitrogens with one attached hydrogen (secondary N) is 1. The average molecular weight is 359 g/mol. The van der Waals surface area contributed by atoms with Gasteiger partial charge in [-0.2, -0.15) is 0 Å². The number of carbonyl (C=O) groups excluding carboxylic acids is 2. The number of ketones is 1. The van der Waals surface area contributed by atoms with E-state index in [1.54, 1.807) is 60.9 Å². The van der Waals surface area contributed by atoms with E-state index in [0.717, 1.165) is 0 Å². The third-order valence-electron chi connectivity index (χ3n) is 4.03. The zero-order valence-corrected chi connectivity index (χ0v) is 15.6. The Kier molecular flexibility index (Phi) is 5.12. The van der Waals surface area contributed by atoms with Crippen molar-refractivity contribution in [3.05, 3.63) is 89.5 Å². The van der Waals surface area contributed by atoms with Gasteiger partial charge < -0.3 is 5.32 Å². The van der Waals surface area contributed by atoms with Crippen molar-refractivity contribution in [2.45, 2.75) is 26.2 Å². The highest BCUT2D eigenvalue weighted by Crippen LogP contribution is 2.19. The topological polar surface area (TPSA) is 72.0 Å². The van der Waals surface area contributed by atoms with E-state index in [0.29, 0.717) is 28.2 Å². The maximum Gasteiger partial charge on any atom is 0.256 e. The average Bonchev–Trinajstić information content (AvgIpc) is 2.68. The first-order valence-corrected chi connectivity index (χ1v) is 8.69. The molecule has 3 aromatic rings. The van der Waals surface area contributed by atoms with Crippen molar-refractivity contribution < 1.29 is 9.59 Å². The number of nitrogens with zero attached hydrogens (tertiary/aromatic N) is 2. The van der Waals surface area contributed by atoms with Crippen molar-refractivity contribution in [3.63, 3.8) is 0 Å². The lowest BCUT2D eigenvalue weighted by atomic mass is 9.96. The van der Waals surface area contributed by atoms with Gasteiger partial charge in [0, 0.05) is 16.5 Å². The predicted octanol–water partition coefficient (Wildman–Crippen LogP) is 4.26. The molecule has 0 aliphatic rings. The third kappa shape index (κ3) is 4.26. The van der Waals surface area contributed by atoms with Crippen molar-refractivity contribution >= 4 is 17.4 Å². The van der Waals surface area contributed by atoms with Crippen LogP contribution >= 0.6 is 0 Å². The number of anilines is 1. The molecule has 0 saturated heterocycles. The fourth-order valence-electron chi connectivity index (χ4n) is 2.60. The fourth-order valence-corrected chi connectivity index (χ4v) is 2.60. The molecule has 0 aliphatic heterocycles. The quantitative estimate of drug-likeness (QED) is 0.707. The fraction of sp³-hybridized carbons (Fsp3) is 0.182. The molecule has 27 heavy (non-hydrogen) atoms. The third-order valence-corrected chi connectivity index (χ3v) is 4.03. The Balaban J connectivity index is 1.85. The van der Waals surface area contributed by atoms with Gasteiger partial charge in [-0.25, -0.2) is 9.97 Å². The Bertz CT molecular complexity index is 959. The highest BCUT2D eigenvalue weighted by molar-refractivity contribution is 6.17. The van der Waals surface area contributed by atoms with Crippen molar-refractivity contribution in [1.29, 1.82) is 0 Å². The van der Waals surface area contributed by atoms with Crippen molar-refractivity contribution in [2.24, 2.45) is 0 Å². The molecule has 5 nitrogen and oxygen atoms in total. The first-order chi connectivity index (χ1) is 12.9. The Labute approximate surface area is 158 Å². The number of aromatic nitrogens is 2. The molecule has 0 saturated carbocycles. The summed E-state index contributed by atoms with van der Waals surface area (Å²) < 4.78 is 0. The second-order valence-electron chi connectivity index (χ2n) is 7.24. The van der Waals surface area contributed by atoms with Gasteiger partial charge in [0.2, 0.25) is 0 Å². The van der Waals surface area contributed by atoms with Crippen LogP contribution in [0.3, 0.4) is 0 Å². The Morgan fingerprint density at radius 1 is 0.815 bits per heavy atom. The Morgan fingerprint density at radius 3 is 1.96 bits per heavy atom. The number of hydrogen-bond donors (Lipinski definition) is 1. The lowest BCUT2D eigenvalue weighted by Gasteiger charge is -2.16. The van der Waals surface area contributed by atoms with Crippen LogP contribution in [-0.4, -0.2) is 21.7 Å². The van der Waals surface area contributed by atoms with E-state index in [9.17, 15) is 9.59 Å². The van der Waals surface area contributed by atoms with Crippen LogP contribution in [-0.2, 0) is 5.41 Å². The molecule has 2 aromatic carbocycles. The van der Waals surface area contributed by atoms with Crippen LogP contribution in [0.2, 0.25) is 0 Å². The zero-order chi connectivity index (χ0) is 19.4. The normalized spacial score (nSPS) is 11.1. The Morgan fingerprint density at radius 2 is 1.37 bits per heavy atom. The van der Waals surface area contributed by atoms with Gasteiger partial charge in [0.25, 0.3) is 5.91 Å². The second-order valence-corrected chi connectivity index (χ2v) is 7.24. The summed E-state index contributed by atoms with van der Waals surface area (Å²) in [5.41, 5.74) is 1.52. The van der Waals surface area contributed by atoms with Gasteiger partial charge >= 0.3 is 0 Å².